The maximum absolute atomic E-state index is 13.2. The normalized spacial score (nSPS) is 29.9. The fourth-order valence-electron chi connectivity index (χ4n) is 4.68. The van der Waals surface area contributed by atoms with E-state index in [0.717, 1.165) is 50.9 Å². The van der Waals surface area contributed by atoms with Crippen molar-refractivity contribution in [1.82, 2.24) is 19.6 Å². The summed E-state index contributed by atoms with van der Waals surface area (Å²) in [6.07, 6.45) is 8.13. The maximum atomic E-state index is 13.2. The zero-order valence-corrected chi connectivity index (χ0v) is 14.4. The highest BCUT2D eigenvalue weighted by Gasteiger charge is 2.60. The lowest BCUT2D eigenvalue weighted by atomic mass is 9.90. The van der Waals surface area contributed by atoms with Crippen molar-refractivity contribution in [3.8, 4) is 0 Å². The molecule has 0 saturated carbocycles. The van der Waals surface area contributed by atoms with Gasteiger partial charge in [-0.2, -0.15) is 5.10 Å². The minimum Gasteiger partial charge on any atom is -0.367 e. The summed E-state index contributed by atoms with van der Waals surface area (Å²) in [7, 11) is 1.90. The van der Waals surface area contributed by atoms with Crippen LogP contribution in [0.5, 0.6) is 0 Å². The average molecular weight is 331 g/mol. The highest BCUT2D eigenvalue weighted by molar-refractivity contribution is 6.07. The van der Waals surface area contributed by atoms with E-state index in [1.165, 1.54) is 0 Å². The second kappa shape index (κ2) is 5.50. The van der Waals surface area contributed by atoms with E-state index in [0.29, 0.717) is 6.54 Å². The first-order valence-electron chi connectivity index (χ1n) is 8.95. The molecule has 2 atom stereocenters. The van der Waals surface area contributed by atoms with Gasteiger partial charge in [0.05, 0.1) is 17.9 Å². The Balaban J connectivity index is 1.55. The van der Waals surface area contributed by atoms with Crippen molar-refractivity contribution in [3.05, 3.63) is 12.4 Å². The molecule has 3 aliphatic heterocycles. The zero-order valence-electron chi connectivity index (χ0n) is 14.4. The average Bonchev–Trinajstić information content (AvgIpc) is 3.28. The summed E-state index contributed by atoms with van der Waals surface area (Å²) in [6.45, 7) is 4.37. The Labute approximate surface area is 142 Å². The van der Waals surface area contributed by atoms with Gasteiger partial charge in [0.25, 0.3) is 5.91 Å². The van der Waals surface area contributed by atoms with E-state index in [4.69, 9.17) is 0 Å². The number of aryl methyl sites for hydroxylation is 1. The van der Waals surface area contributed by atoms with Crippen molar-refractivity contribution >= 4 is 17.6 Å². The SMILES string of the molecule is CCC[C@]12CCCN1C(=O)N([C@H]1CCN(c3cnn(C)c3)C1)C2=O. The first-order chi connectivity index (χ1) is 11.6. The lowest BCUT2D eigenvalue weighted by Gasteiger charge is -2.27. The second-order valence-corrected chi connectivity index (χ2v) is 7.26. The van der Waals surface area contributed by atoms with E-state index >= 15 is 0 Å². The summed E-state index contributed by atoms with van der Waals surface area (Å²) in [6, 6.07) is -0.0893. The van der Waals surface area contributed by atoms with E-state index in [2.05, 4.69) is 16.9 Å². The molecule has 0 radical (unpaired) electrons. The van der Waals surface area contributed by atoms with E-state index in [9.17, 15) is 9.59 Å². The van der Waals surface area contributed by atoms with Crippen LogP contribution < -0.4 is 4.90 Å². The number of amides is 3. The number of hydrogen-bond donors (Lipinski definition) is 0. The Hall–Kier alpha value is -2.05. The smallest absolute Gasteiger partial charge is 0.327 e. The largest absolute Gasteiger partial charge is 0.367 e. The lowest BCUT2D eigenvalue weighted by molar-refractivity contribution is -0.134. The van der Waals surface area contributed by atoms with Gasteiger partial charge in [-0.3, -0.25) is 14.4 Å². The second-order valence-electron chi connectivity index (χ2n) is 7.26. The van der Waals surface area contributed by atoms with E-state index in [1.54, 1.807) is 9.58 Å². The molecule has 0 spiro atoms. The minimum absolute atomic E-state index is 0.0236. The number of hydrogen-bond acceptors (Lipinski definition) is 4. The van der Waals surface area contributed by atoms with Crippen LogP contribution in [0.2, 0.25) is 0 Å². The van der Waals surface area contributed by atoms with Crippen molar-refractivity contribution in [2.75, 3.05) is 24.5 Å². The number of fused-ring (bicyclic) bond motifs is 1. The fraction of sp³-hybridized carbons (Fsp3) is 0.706. The predicted octanol–water partition coefficient (Wildman–Crippen LogP) is 1.60. The van der Waals surface area contributed by atoms with Gasteiger partial charge in [-0.15, -0.1) is 0 Å². The third kappa shape index (κ3) is 2.06. The molecule has 3 fully saturated rings. The number of rotatable bonds is 4. The molecule has 3 saturated heterocycles. The van der Waals surface area contributed by atoms with Gasteiger partial charge in [-0.25, -0.2) is 4.79 Å². The van der Waals surface area contributed by atoms with Crippen LogP contribution in [0.3, 0.4) is 0 Å². The summed E-state index contributed by atoms with van der Waals surface area (Å²) in [5, 5.41) is 4.21. The molecule has 0 unspecified atom stereocenters. The summed E-state index contributed by atoms with van der Waals surface area (Å²) in [5.74, 6) is 0.0462. The topological polar surface area (TPSA) is 61.7 Å². The molecular formula is C17H25N5O2. The first kappa shape index (κ1) is 15.5. The van der Waals surface area contributed by atoms with Gasteiger partial charge in [-0.1, -0.05) is 13.3 Å². The van der Waals surface area contributed by atoms with Crippen molar-refractivity contribution in [2.24, 2.45) is 7.05 Å². The zero-order chi connectivity index (χ0) is 16.9. The highest BCUT2D eigenvalue weighted by Crippen LogP contribution is 2.42. The van der Waals surface area contributed by atoms with Crippen molar-refractivity contribution in [2.45, 2.75) is 50.6 Å². The van der Waals surface area contributed by atoms with Gasteiger partial charge in [-0.05, 0) is 25.7 Å². The van der Waals surface area contributed by atoms with Gasteiger partial charge in [0.2, 0.25) is 0 Å². The van der Waals surface area contributed by atoms with E-state index in [-0.39, 0.29) is 18.0 Å². The Morgan fingerprint density at radius 2 is 2.17 bits per heavy atom. The van der Waals surface area contributed by atoms with Crippen molar-refractivity contribution in [3.63, 3.8) is 0 Å². The van der Waals surface area contributed by atoms with Crippen molar-refractivity contribution < 1.29 is 9.59 Å². The maximum Gasteiger partial charge on any atom is 0.327 e. The van der Waals surface area contributed by atoms with Crippen LogP contribution in [0.15, 0.2) is 12.4 Å². The quantitative estimate of drug-likeness (QED) is 0.786. The third-order valence-electron chi connectivity index (χ3n) is 5.79. The van der Waals surface area contributed by atoms with Gasteiger partial charge in [0, 0.05) is 32.9 Å². The lowest BCUT2D eigenvalue weighted by Crippen LogP contribution is -2.46. The fourth-order valence-corrected chi connectivity index (χ4v) is 4.68. The molecule has 1 aromatic rings. The molecule has 4 rings (SSSR count). The molecule has 0 aliphatic carbocycles. The molecule has 3 aliphatic rings. The molecule has 130 valence electrons. The van der Waals surface area contributed by atoms with Crippen LogP contribution >= 0.6 is 0 Å². The molecule has 0 N–H and O–H groups in total. The van der Waals surface area contributed by atoms with E-state index in [1.807, 2.05) is 24.3 Å². The number of urea groups is 1. The van der Waals surface area contributed by atoms with Crippen LogP contribution in [0, 0.1) is 0 Å². The molecular weight excluding hydrogens is 306 g/mol. The Bertz CT molecular complexity index is 672. The van der Waals surface area contributed by atoms with Crippen LogP contribution in [-0.2, 0) is 11.8 Å². The van der Waals surface area contributed by atoms with Gasteiger partial charge >= 0.3 is 6.03 Å². The Kier molecular flexibility index (Phi) is 3.54. The van der Waals surface area contributed by atoms with Gasteiger partial charge in [0.15, 0.2) is 0 Å². The molecule has 24 heavy (non-hydrogen) atoms. The van der Waals surface area contributed by atoms with Gasteiger partial charge in [0.1, 0.15) is 5.54 Å². The number of nitrogens with zero attached hydrogens (tertiary/aromatic N) is 5. The molecule has 0 bridgehead atoms. The summed E-state index contributed by atoms with van der Waals surface area (Å²) >= 11 is 0. The van der Waals surface area contributed by atoms with Crippen molar-refractivity contribution in [1.29, 1.82) is 0 Å². The molecule has 1 aromatic heterocycles. The number of imide groups is 1. The summed E-state index contributed by atoms with van der Waals surface area (Å²) in [4.78, 5) is 31.7. The Morgan fingerprint density at radius 1 is 1.33 bits per heavy atom. The van der Waals surface area contributed by atoms with Crippen LogP contribution in [0.1, 0.15) is 39.0 Å². The monoisotopic (exact) mass is 331 g/mol. The number of anilines is 1. The molecule has 0 aromatic carbocycles. The predicted molar refractivity (Wildman–Crippen MR) is 89.6 cm³/mol. The standard InChI is InChI=1S/C17H25N5O2/c1-3-6-17-7-4-8-21(17)16(24)22(15(17)23)13-5-9-20(12-13)14-10-18-19(2)11-14/h10-11,13H,3-9,12H2,1-2H3/t13-,17+/m0/s1. The van der Waals surface area contributed by atoms with Crippen LogP contribution in [-0.4, -0.2) is 62.7 Å². The van der Waals surface area contributed by atoms with E-state index < -0.39 is 5.54 Å². The number of carbonyl (C=O) groups is 2. The summed E-state index contributed by atoms with van der Waals surface area (Å²) < 4.78 is 1.78. The number of aromatic nitrogens is 2. The Morgan fingerprint density at radius 3 is 2.88 bits per heavy atom. The third-order valence-corrected chi connectivity index (χ3v) is 5.79. The molecule has 4 heterocycles. The van der Waals surface area contributed by atoms with Gasteiger partial charge < -0.3 is 9.80 Å². The van der Waals surface area contributed by atoms with Crippen LogP contribution in [0.25, 0.3) is 0 Å². The van der Waals surface area contributed by atoms with Crippen LogP contribution in [0.4, 0.5) is 10.5 Å². The molecule has 7 heteroatoms. The molecule has 7 nitrogen and oxygen atoms in total. The molecule has 3 amide bonds. The summed E-state index contributed by atoms with van der Waals surface area (Å²) in [5.41, 5.74) is 0.510. The first-order valence-corrected chi connectivity index (χ1v) is 8.95. The minimum atomic E-state index is -0.548. The number of carbonyl (C=O) groups excluding carboxylic acids is 2. The highest BCUT2D eigenvalue weighted by atomic mass is 16.2.